The first kappa shape index (κ1) is 11.2. The molecule has 3 heteroatoms. The SMILES string of the molecule is C=C(C)C(=O)OCC1(CC)OC1CC. The molecule has 2 atom stereocenters. The van der Waals surface area contributed by atoms with Crippen molar-refractivity contribution in [2.75, 3.05) is 6.61 Å². The highest BCUT2D eigenvalue weighted by molar-refractivity contribution is 5.86. The van der Waals surface area contributed by atoms with Crippen molar-refractivity contribution in [1.82, 2.24) is 0 Å². The Balaban J connectivity index is 2.37. The van der Waals surface area contributed by atoms with E-state index in [4.69, 9.17) is 9.47 Å². The first-order chi connectivity index (χ1) is 6.55. The molecule has 0 amide bonds. The number of carbonyl (C=O) groups excluding carboxylic acids is 1. The second-order valence-electron chi connectivity index (χ2n) is 3.79. The van der Waals surface area contributed by atoms with Gasteiger partial charge >= 0.3 is 5.97 Å². The maximum Gasteiger partial charge on any atom is 0.333 e. The zero-order chi connectivity index (χ0) is 10.8. The lowest BCUT2D eigenvalue weighted by Gasteiger charge is -2.10. The molecule has 80 valence electrons. The monoisotopic (exact) mass is 198 g/mol. The van der Waals surface area contributed by atoms with Crippen LogP contribution in [0.2, 0.25) is 0 Å². The lowest BCUT2D eigenvalue weighted by Crippen LogP contribution is -2.24. The lowest BCUT2D eigenvalue weighted by atomic mass is 10.0. The minimum atomic E-state index is -0.330. The molecule has 0 spiro atoms. The summed E-state index contributed by atoms with van der Waals surface area (Å²) in [5.41, 5.74) is 0.227. The van der Waals surface area contributed by atoms with E-state index in [0.717, 1.165) is 12.8 Å². The van der Waals surface area contributed by atoms with Crippen molar-refractivity contribution in [2.24, 2.45) is 0 Å². The van der Waals surface area contributed by atoms with E-state index in [9.17, 15) is 4.79 Å². The number of epoxide rings is 1. The largest absolute Gasteiger partial charge is 0.459 e. The van der Waals surface area contributed by atoms with E-state index in [1.165, 1.54) is 0 Å². The number of hydrogen-bond acceptors (Lipinski definition) is 3. The average molecular weight is 198 g/mol. The van der Waals surface area contributed by atoms with Gasteiger partial charge in [0.05, 0.1) is 6.10 Å². The summed E-state index contributed by atoms with van der Waals surface area (Å²) >= 11 is 0. The Morgan fingerprint density at radius 2 is 2.21 bits per heavy atom. The van der Waals surface area contributed by atoms with Crippen LogP contribution in [0.15, 0.2) is 12.2 Å². The van der Waals surface area contributed by atoms with Crippen molar-refractivity contribution in [2.45, 2.75) is 45.3 Å². The van der Waals surface area contributed by atoms with Gasteiger partial charge in [-0.1, -0.05) is 20.4 Å². The summed E-state index contributed by atoms with van der Waals surface area (Å²) in [6.07, 6.45) is 2.11. The number of rotatable bonds is 5. The minimum Gasteiger partial charge on any atom is -0.459 e. The minimum absolute atomic E-state index is 0.208. The van der Waals surface area contributed by atoms with Gasteiger partial charge in [-0.2, -0.15) is 0 Å². The Labute approximate surface area is 85.1 Å². The summed E-state index contributed by atoms with van der Waals surface area (Å²) in [4.78, 5) is 11.2. The molecule has 1 aliphatic heterocycles. The van der Waals surface area contributed by atoms with Crippen LogP contribution >= 0.6 is 0 Å². The fraction of sp³-hybridized carbons (Fsp3) is 0.727. The standard InChI is InChI=1S/C11H18O3/c1-5-9-11(6-2,14-9)7-13-10(12)8(3)4/h9H,3,5-7H2,1-2,4H3. The van der Waals surface area contributed by atoms with E-state index >= 15 is 0 Å². The third-order valence-corrected chi connectivity index (χ3v) is 2.67. The molecule has 0 saturated carbocycles. The van der Waals surface area contributed by atoms with Gasteiger partial charge in [0.1, 0.15) is 12.2 Å². The van der Waals surface area contributed by atoms with E-state index in [2.05, 4.69) is 13.5 Å². The van der Waals surface area contributed by atoms with E-state index in [1.54, 1.807) is 6.92 Å². The van der Waals surface area contributed by atoms with Gasteiger partial charge in [-0.25, -0.2) is 4.79 Å². The quantitative estimate of drug-likeness (QED) is 0.385. The van der Waals surface area contributed by atoms with Crippen molar-refractivity contribution in [3.05, 3.63) is 12.2 Å². The Hall–Kier alpha value is -0.830. The highest BCUT2D eigenvalue weighted by Crippen LogP contribution is 2.41. The summed E-state index contributed by atoms with van der Waals surface area (Å²) in [5.74, 6) is -0.330. The van der Waals surface area contributed by atoms with Crippen LogP contribution in [0.4, 0.5) is 0 Å². The fourth-order valence-corrected chi connectivity index (χ4v) is 1.56. The van der Waals surface area contributed by atoms with Gasteiger partial charge in [0.2, 0.25) is 0 Å². The molecular weight excluding hydrogens is 180 g/mol. The number of hydrogen-bond donors (Lipinski definition) is 0. The summed E-state index contributed by atoms with van der Waals surface area (Å²) in [7, 11) is 0. The maximum absolute atomic E-state index is 11.2. The number of ether oxygens (including phenoxy) is 2. The van der Waals surface area contributed by atoms with Gasteiger partial charge in [0, 0.05) is 5.57 Å². The molecule has 1 heterocycles. The van der Waals surface area contributed by atoms with Crippen LogP contribution in [-0.2, 0) is 14.3 Å². The molecule has 0 aromatic carbocycles. The Kier molecular flexibility index (Phi) is 3.32. The molecule has 14 heavy (non-hydrogen) atoms. The van der Waals surface area contributed by atoms with Gasteiger partial charge in [-0.05, 0) is 19.8 Å². The van der Waals surface area contributed by atoms with Crippen molar-refractivity contribution >= 4 is 5.97 Å². The zero-order valence-electron chi connectivity index (χ0n) is 9.13. The van der Waals surface area contributed by atoms with Crippen LogP contribution in [0.5, 0.6) is 0 Å². The zero-order valence-corrected chi connectivity index (χ0v) is 9.13. The highest BCUT2D eigenvalue weighted by Gasteiger charge is 2.54. The van der Waals surface area contributed by atoms with Crippen molar-refractivity contribution in [3.63, 3.8) is 0 Å². The van der Waals surface area contributed by atoms with E-state index in [1.807, 2.05) is 6.92 Å². The average Bonchev–Trinajstić information content (AvgIpc) is 2.88. The molecule has 0 radical (unpaired) electrons. The van der Waals surface area contributed by atoms with Crippen molar-refractivity contribution in [3.8, 4) is 0 Å². The predicted molar refractivity (Wildman–Crippen MR) is 54.0 cm³/mol. The van der Waals surface area contributed by atoms with E-state index < -0.39 is 0 Å². The molecule has 1 aliphatic rings. The van der Waals surface area contributed by atoms with Gasteiger partial charge in [-0.3, -0.25) is 0 Å². The second-order valence-corrected chi connectivity index (χ2v) is 3.79. The molecule has 1 rings (SSSR count). The maximum atomic E-state index is 11.2. The molecule has 0 N–H and O–H groups in total. The molecule has 0 aliphatic carbocycles. The molecule has 0 aromatic rings. The molecule has 1 fully saturated rings. The molecule has 2 unspecified atom stereocenters. The number of carbonyl (C=O) groups is 1. The summed E-state index contributed by atoms with van der Waals surface area (Å²) in [5, 5.41) is 0. The molecule has 0 bridgehead atoms. The van der Waals surface area contributed by atoms with Crippen LogP contribution in [0.25, 0.3) is 0 Å². The molecule has 3 nitrogen and oxygen atoms in total. The smallest absolute Gasteiger partial charge is 0.333 e. The van der Waals surface area contributed by atoms with Crippen molar-refractivity contribution < 1.29 is 14.3 Å². The van der Waals surface area contributed by atoms with Crippen LogP contribution in [0.1, 0.15) is 33.6 Å². The second kappa shape index (κ2) is 4.13. The van der Waals surface area contributed by atoms with Gasteiger partial charge in [-0.15, -0.1) is 0 Å². The van der Waals surface area contributed by atoms with E-state index in [-0.39, 0.29) is 17.7 Å². The summed E-state index contributed by atoms with van der Waals surface area (Å²) in [6.45, 7) is 9.64. The lowest BCUT2D eigenvalue weighted by molar-refractivity contribution is -0.140. The highest BCUT2D eigenvalue weighted by atomic mass is 16.6. The third-order valence-electron chi connectivity index (χ3n) is 2.67. The van der Waals surface area contributed by atoms with E-state index in [0.29, 0.717) is 12.2 Å². The first-order valence-corrected chi connectivity index (χ1v) is 5.06. The molecule has 0 aromatic heterocycles. The summed E-state index contributed by atoms with van der Waals surface area (Å²) in [6, 6.07) is 0. The molecular formula is C11H18O3. The predicted octanol–water partition coefficient (Wildman–Crippen LogP) is 2.06. The van der Waals surface area contributed by atoms with Crippen LogP contribution < -0.4 is 0 Å². The van der Waals surface area contributed by atoms with Crippen LogP contribution in [0, 0.1) is 0 Å². The van der Waals surface area contributed by atoms with Gasteiger partial charge in [0.25, 0.3) is 0 Å². The molecule has 1 saturated heterocycles. The topological polar surface area (TPSA) is 38.8 Å². The first-order valence-electron chi connectivity index (χ1n) is 5.06. The van der Waals surface area contributed by atoms with Crippen LogP contribution in [0.3, 0.4) is 0 Å². The summed E-state index contributed by atoms with van der Waals surface area (Å²) < 4.78 is 10.6. The Bertz CT molecular complexity index is 247. The Morgan fingerprint density at radius 1 is 1.57 bits per heavy atom. The third kappa shape index (κ3) is 2.15. The Morgan fingerprint density at radius 3 is 2.57 bits per heavy atom. The van der Waals surface area contributed by atoms with Gasteiger partial charge in [0.15, 0.2) is 0 Å². The fourth-order valence-electron chi connectivity index (χ4n) is 1.56. The number of esters is 1. The van der Waals surface area contributed by atoms with Crippen LogP contribution in [-0.4, -0.2) is 24.3 Å². The normalized spacial score (nSPS) is 29.8. The van der Waals surface area contributed by atoms with Crippen molar-refractivity contribution in [1.29, 1.82) is 0 Å². The van der Waals surface area contributed by atoms with Gasteiger partial charge < -0.3 is 9.47 Å².